The standard InChI is InChI=1S/C15H22N4/c1-4-18(5-2)11-13-10-17-19(15(13)16)14-9-7-6-8-12(14)3/h6-10H,4-5,11,16H2,1-3H3. The molecule has 102 valence electrons. The topological polar surface area (TPSA) is 47.1 Å². The molecule has 0 saturated carbocycles. The van der Waals surface area contributed by atoms with E-state index in [2.05, 4.69) is 36.8 Å². The molecule has 0 bridgehead atoms. The average molecular weight is 258 g/mol. The van der Waals surface area contributed by atoms with Crippen molar-refractivity contribution in [3.8, 4) is 5.69 Å². The summed E-state index contributed by atoms with van der Waals surface area (Å²) in [5.41, 5.74) is 9.55. The number of nitrogens with two attached hydrogens (primary N) is 1. The van der Waals surface area contributed by atoms with Crippen molar-refractivity contribution < 1.29 is 0 Å². The Bertz CT molecular complexity index is 541. The van der Waals surface area contributed by atoms with Crippen LogP contribution < -0.4 is 5.73 Å². The van der Waals surface area contributed by atoms with Gasteiger partial charge in [-0.15, -0.1) is 0 Å². The normalized spacial score (nSPS) is 11.2. The zero-order valence-electron chi connectivity index (χ0n) is 11.9. The first kappa shape index (κ1) is 13.6. The first-order valence-corrected chi connectivity index (χ1v) is 6.78. The largest absolute Gasteiger partial charge is 0.383 e. The predicted octanol–water partition coefficient (Wildman–Crippen LogP) is 2.60. The van der Waals surface area contributed by atoms with Crippen LogP contribution in [0.2, 0.25) is 0 Å². The van der Waals surface area contributed by atoms with Crippen molar-refractivity contribution in [2.24, 2.45) is 0 Å². The molecule has 0 spiro atoms. The number of hydrogen-bond donors (Lipinski definition) is 1. The molecule has 0 saturated heterocycles. The van der Waals surface area contributed by atoms with E-state index in [4.69, 9.17) is 5.73 Å². The molecular weight excluding hydrogens is 236 g/mol. The first-order valence-electron chi connectivity index (χ1n) is 6.78. The molecule has 2 rings (SSSR count). The zero-order chi connectivity index (χ0) is 13.8. The molecule has 0 amide bonds. The highest BCUT2D eigenvalue weighted by molar-refractivity contribution is 5.49. The molecule has 0 unspecified atom stereocenters. The molecule has 1 heterocycles. The number of nitrogen functional groups attached to an aromatic ring is 1. The molecule has 0 aliphatic carbocycles. The van der Waals surface area contributed by atoms with Crippen molar-refractivity contribution >= 4 is 5.82 Å². The molecule has 0 aliphatic heterocycles. The average Bonchev–Trinajstić information content (AvgIpc) is 2.78. The highest BCUT2D eigenvalue weighted by Crippen LogP contribution is 2.20. The number of para-hydroxylation sites is 1. The smallest absolute Gasteiger partial charge is 0.131 e. The highest BCUT2D eigenvalue weighted by Gasteiger charge is 2.12. The van der Waals surface area contributed by atoms with E-state index < -0.39 is 0 Å². The lowest BCUT2D eigenvalue weighted by Crippen LogP contribution is -2.22. The fourth-order valence-corrected chi connectivity index (χ4v) is 2.19. The zero-order valence-corrected chi connectivity index (χ0v) is 11.9. The lowest BCUT2D eigenvalue weighted by Gasteiger charge is -2.17. The Balaban J connectivity index is 2.31. The summed E-state index contributed by atoms with van der Waals surface area (Å²) in [6.07, 6.45) is 1.88. The summed E-state index contributed by atoms with van der Waals surface area (Å²) in [7, 11) is 0. The van der Waals surface area contributed by atoms with Crippen molar-refractivity contribution in [3.63, 3.8) is 0 Å². The van der Waals surface area contributed by atoms with E-state index >= 15 is 0 Å². The van der Waals surface area contributed by atoms with Gasteiger partial charge >= 0.3 is 0 Å². The van der Waals surface area contributed by atoms with Crippen LogP contribution in [0.1, 0.15) is 25.0 Å². The van der Waals surface area contributed by atoms with Gasteiger partial charge in [-0.2, -0.15) is 5.10 Å². The van der Waals surface area contributed by atoms with Gasteiger partial charge in [-0.25, -0.2) is 4.68 Å². The fraction of sp³-hybridized carbons (Fsp3) is 0.400. The summed E-state index contributed by atoms with van der Waals surface area (Å²) >= 11 is 0. The van der Waals surface area contributed by atoms with E-state index in [1.165, 1.54) is 5.56 Å². The van der Waals surface area contributed by atoms with Crippen LogP contribution in [0.15, 0.2) is 30.5 Å². The quantitative estimate of drug-likeness (QED) is 0.896. The minimum absolute atomic E-state index is 0.737. The van der Waals surface area contributed by atoms with Gasteiger partial charge in [0.1, 0.15) is 5.82 Å². The van der Waals surface area contributed by atoms with Crippen molar-refractivity contribution in [2.75, 3.05) is 18.8 Å². The SMILES string of the molecule is CCN(CC)Cc1cnn(-c2ccccc2C)c1N. The lowest BCUT2D eigenvalue weighted by atomic mass is 10.2. The molecule has 0 atom stereocenters. The maximum atomic E-state index is 6.24. The molecule has 2 aromatic rings. The summed E-state index contributed by atoms with van der Waals surface area (Å²) in [6.45, 7) is 9.28. The fourth-order valence-electron chi connectivity index (χ4n) is 2.19. The van der Waals surface area contributed by atoms with E-state index in [1.807, 2.05) is 29.1 Å². The molecule has 2 N–H and O–H groups in total. The van der Waals surface area contributed by atoms with Crippen LogP contribution in [0.5, 0.6) is 0 Å². The molecule has 1 aromatic heterocycles. The highest BCUT2D eigenvalue weighted by atomic mass is 15.3. The molecular formula is C15H22N4. The Labute approximate surface area is 114 Å². The summed E-state index contributed by atoms with van der Waals surface area (Å²) in [5.74, 6) is 0.737. The van der Waals surface area contributed by atoms with E-state index in [9.17, 15) is 0 Å². The lowest BCUT2D eigenvalue weighted by molar-refractivity contribution is 0.296. The number of benzene rings is 1. The molecule has 19 heavy (non-hydrogen) atoms. The van der Waals surface area contributed by atoms with Gasteiger partial charge in [-0.05, 0) is 31.6 Å². The van der Waals surface area contributed by atoms with E-state index in [-0.39, 0.29) is 0 Å². The number of hydrogen-bond acceptors (Lipinski definition) is 3. The number of anilines is 1. The maximum Gasteiger partial charge on any atom is 0.131 e. The Morgan fingerprint density at radius 1 is 1.21 bits per heavy atom. The van der Waals surface area contributed by atoms with Crippen LogP contribution >= 0.6 is 0 Å². The number of rotatable bonds is 5. The molecule has 1 aromatic carbocycles. The second-order valence-corrected chi connectivity index (χ2v) is 4.71. The summed E-state index contributed by atoms with van der Waals surface area (Å²) in [4.78, 5) is 2.33. The van der Waals surface area contributed by atoms with Gasteiger partial charge in [0.25, 0.3) is 0 Å². The van der Waals surface area contributed by atoms with E-state index in [0.717, 1.165) is 36.7 Å². The third kappa shape index (κ3) is 2.79. The van der Waals surface area contributed by atoms with E-state index in [0.29, 0.717) is 0 Å². The van der Waals surface area contributed by atoms with Crippen molar-refractivity contribution in [1.82, 2.24) is 14.7 Å². The Morgan fingerprint density at radius 2 is 1.89 bits per heavy atom. The van der Waals surface area contributed by atoms with Gasteiger partial charge in [0.2, 0.25) is 0 Å². The third-order valence-electron chi connectivity index (χ3n) is 3.52. The van der Waals surface area contributed by atoms with Crippen molar-refractivity contribution in [3.05, 3.63) is 41.6 Å². The van der Waals surface area contributed by atoms with Gasteiger partial charge in [0, 0.05) is 12.1 Å². The van der Waals surface area contributed by atoms with Gasteiger partial charge in [0.15, 0.2) is 0 Å². The van der Waals surface area contributed by atoms with Crippen LogP contribution in [0, 0.1) is 6.92 Å². The molecule has 0 radical (unpaired) electrons. The maximum absolute atomic E-state index is 6.24. The molecule has 4 nitrogen and oxygen atoms in total. The summed E-state index contributed by atoms with van der Waals surface area (Å²) in [5, 5.41) is 4.43. The minimum Gasteiger partial charge on any atom is -0.383 e. The molecule has 4 heteroatoms. The van der Waals surface area contributed by atoms with Crippen molar-refractivity contribution in [1.29, 1.82) is 0 Å². The van der Waals surface area contributed by atoms with Crippen LogP contribution in [0.3, 0.4) is 0 Å². The minimum atomic E-state index is 0.737. The Morgan fingerprint density at radius 3 is 2.53 bits per heavy atom. The monoisotopic (exact) mass is 258 g/mol. The Kier molecular flexibility index (Phi) is 4.22. The van der Waals surface area contributed by atoms with Gasteiger partial charge in [-0.1, -0.05) is 32.0 Å². The van der Waals surface area contributed by atoms with Crippen LogP contribution in [-0.4, -0.2) is 27.8 Å². The van der Waals surface area contributed by atoms with Crippen LogP contribution in [-0.2, 0) is 6.54 Å². The van der Waals surface area contributed by atoms with E-state index in [1.54, 1.807) is 0 Å². The molecule has 0 aliphatic rings. The van der Waals surface area contributed by atoms with Crippen LogP contribution in [0.4, 0.5) is 5.82 Å². The van der Waals surface area contributed by atoms with Crippen LogP contribution in [0.25, 0.3) is 5.69 Å². The number of nitrogens with zero attached hydrogens (tertiary/aromatic N) is 3. The summed E-state index contributed by atoms with van der Waals surface area (Å²) in [6, 6.07) is 8.14. The number of aromatic nitrogens is 2. The predicted molar refractivity (Wildman–Crippen MR) is 79.3 cm³/mol. The molecule has 0 fully saturated rings. The van der Waals surface area contributed by atoms with Gasteiger partial charge < -0.3 is 5.73 Å². The Hall–Kier alpha value is -1.81. The second kappa shape index (κ2) is 5.89. The van der Waals surface area contributed by atoms with Gasteiger partial charge in [0.05, 0.1) is 11.9 Å². The van der Waals surface area contributed by atoms with Crippen molar-refractivity contribution in [2.45, 2.75) is 27.3 Å². The third-order valence-corrected chi connectivity index (χ3v) is 3.52. The summed E-state index contributed by atoms with van der Waals surface area (Å²) < 4.78 is 1.83. The second-order valence-electron chi connectivity index (χ2n) is 4.71. The first-order chi connectivity index (χ1) is 9.17. The number of aryl methyl sites for hydroxylation is 1. The van der Waals surface area contributed by atoms with Gasteiger partial charge in [-0.3, -0.25) is 4.90 Å².